The summed E-state index contributed by atoms with van der Waals surface area (Å²) in [6.45, 7) is 5.41. The van der Waals surface area contributed by atoms with Gasteiger partial charge in [-0.25, -0.2) is 0 Å². The zero-order valence-corrected chi connectivity index (χ0v) is 14.6. The third kappa shape index (κ3) is 3.11. The van der Waals surface area contributed by atoms with Crippen molar-refractivity contribution in [2.75, 3.05) is 39.9 Å². The molecule has 0 radical (unpaired) electrons. The van der Waals surface area contributed by atoms with E-state index in [-0.39, 0.29) is 11.3 Å². The smallest absolute Gasteiger partial charge is 0.228 e. The summed E-state index contributed by atoms with van der Waals surface area (Å²) >= 11 is 0. The molecule has 5 nitrogen and oxygen atoms in total. The molecule has 1 aromatic heterocycles. The molecule has 0 bridgehead atoms. The second kappa shape index (κ2) is 6.52. The molecule has 24 heavy (non-hydrogen) atoms. The lowest BCUT2D eigenvalue weighted by Crippen LogP contribution is -2.45. The van der Waals surface area contributed by atoms with E-state index in [0.717, 1.165) is 57.2 Å². The average molecular weight is 332 g/mol. The monoisotopic (exact) mass is 332 g/mol. The van der Waals surface area contributed by atoms with Crippen LogP contribution in [0, 0.1) is 17.3 Å². The zero-order chi connectivity index (χ0) is 16.6. The molecule has 1 atom stereocenters. The van der Waals surface area contributed by atoms with Crippen LogP contribution >= 0.6 is 0 Å². The molecule has 3 heterocycles. The van der Waals surface area contributed by atoms with Crippen LogP contribution in [0.2, 0.25) is 0 Å². The zero-order valence-electron chi connectivity index (χ0n) is 14.6. The molecule has 1 unspecified atom stereocenters. The molecule has 1 aromatic rings. The maximum absolute atomic E-state index is 12.9. The number of hydrogen-bond donors (Lipinski definition) is 0. The Morgan fingerprint density at radius 3 is 2.75 bits per heavy atom. The predicted molar refractivity (Wildman–Crippen MR) is 90.3 cm³/mol. The van der Waals surface area contributed by atoms with Gasteiger partial charge in [-0.1, -0.05) is 0 Å². The molecule has 132 valence electrons. The Balaban J connectivity index is 1.41. The summed E-state index contributed by atoms with van der Waals surface area (Å²) in [5.41, 5.74) is 0.113. The van der Waals surface area contributed by atoms with Gasteiger partial charge in [-0.2, -0.15) is 0 Å². The van der Waals surface area contributed by atoms with Crippen LogP contribution in [-0.4, -0.2) is 55.6 Å². The highest BCUT2D eigenvalue weighted by Gasteiger charge is 2.53. The van der Waals surface area contributed by atoms with E-state index < -0.39 is 0 Å². The fourth-order valence-corrected chi connectivity index (χ4v) is 4.52. The summed E-state index contributed by atoms with van der Waals surface area (Å²) in [7, 11) is 1.72. The van der Waals surface area contributed by atoms with Gasteiger partial charge in [0.25, 0.3) is 0 Å². The fourth-order valence-electron chi connectivity index (χ4n) is 4.52. The van der Waals surface area contributed by atoms with Gasteiger partial charge in [-0.3, -0.25) is 9.69 Å². The molecule has 4 rings (SSSR count). The summed E-state index contributed by atoms with van der Waals surface area (Å²) in [6.07, 6.45) is 6.48. The number of hydrogen-bond acceptors (Lipinski definition) is 4. The number of furan rings is 1. The van der Waals surface area contributed by atoms with Crippen LogP contribution in [0.1, 0.15) is 31.4 Å². The van der Waals surface area contributed by atoms with Crippen LogP contribution in [0.15, 0.2) is 22.8 Å². The van der Waals surface area contributed by atoms with E-state index in [2.05, 4.69) is 9.80 Å². The van der Waals surface area contributed by atoms with Gasteiger partial charge in [0.05, 0.1) is 25.3 Å². The summed E-state index contributed by atoms with van der Waals surface area (Å²) in [4.78, 5) is 17.5. The van der Waals surface area contributed by atoms with E-state index in [1.807, 2.05) is 12.1 Å². The number of rotatable bonds is 6. The summed E-state index contributed by atoms with van der Waals surface area (Å²) in [6, 6.07) is 3.98. The maximum atomic E-state index is 12.9. The number of likely N-dealkylation sites (tertiary alicyclic amines) is 2. The lowest BCUT2D eigenvalue weighted by Gasteiger charge is -2.41. The first-order valence-corrected chi connectivity index (χ1v) is 9.23. The molecular formula is C19H28N2O3. The molecule has 0 N–H and O–H groups in total. The number of nitrogens with zero attached hydrogens (tertiary/aromatic N) is 2. The second-order valence-electron chi connectivity index (χ2n) is 7.89. The highest BCUT2D eigenvalue weighted by molar-refractivity contribution is 5.82. The Labute approximate surface area is 143 Å². The Morgan fingerprint density at radius 2 is 2.12 bits per heavy atom. The van der Waals surface area contributed by atoms with Crippen LogP contribution in [0.5, 0.6) is 0 Å². The molecule has 1 saturated carbocycles. The van der Waals surface area contributed by atoms with Crippen molar-refractivity contribution in [2.45, 2.75) is 32.2 Å². The van der Waals surface area contributed by atoms with Crippen LogP contribution in [-0.2, 0) is 16.1 Å². The van der Waals surface area contributed by atoms with E-state index in [4.69, 9.17) is 9.15 Å². The number of methoxy groups -OCH3 is 1. The van der Waals surface area contributed by atoms with Gasteiger partial charge in [-0.15, -0.1) is 0 Å². The fraction of sp³-hybridized carbons (Fsp3) is 0.737. The van der Waals surface area contributed by atoms with Crippen LogP contribution < -0.4 is 0 Å². The van der Waals surface area contributed by atoms with Crippen molar-refractivity contribution in [1.82, 2.24) is 9.80 Å². The quantitative estimate of drug-likeness (QED) is 0.802. The Bertz CT molecular complexity index is 559. The number of piperidine rings is 1. The molecule has 1 spiro atoms. The molecule has 0 aromatic carbocycles. The predicted octanol–water partition coefficient (Wildman–Crippen LogP) is 2.38. The van der Waals surface area contributed by atoms with Crippen molar-refractivity contribution in [3.63, 3.8) is 0 Å². The topological polar surface area (TPSA) is 45.9 Å². The third-order valence-corrected chi connectivity index (χ3v) is 6.17. The van der Waals surface area contributed by atoms with E-state index in [9.17, 15) is 4.79 Å². The molecule has 1 aliphatic carbocycles. The lowest BCUT2D eigenvalue weighted by molar-refractivity contribution is -0.133. The van der Waals surface area contributed by atoms with Crippen molar-refractivity contribution >= 4 is 5.91 Å². The van der Waals surface area contributed by atoms with Crippen molar-refractivity contribution in [3.8, 4) is 0 Å². The van der Waals surface area contributed by atoms with Gasteiger partial charge in [0.15, 0.2) is 0 Å². The van der Waals surface area contributed by atoms with Crippen molar-refractivity contribution in [2.24, 2.45) is 17.3 Å². The molecular weight excluding hydrogens is 304 g/mol. The second-order valence-corrected chi connectivity index (χ2v) is 7.89. The largest absolute Gasteiger partial charge is 0.468 e. The molecule has 5 heteroatoms. The van der Waals surface area contributed by atoms with Gasteiger partial charge in [0.2, 0.25) is 5.91 Å². The average Bonchev–Trinajstić information content (AvgIpc) is 3.19. The van der Waals surface area contributed by atoms with Crippen molar-refractivity contribution < 1.29 is 13.9 Å². The third-order valence-electron chi connectivity index (χ3n) is 6.17. The minimum absolute atomic E-state index is 0.0482. The van der Waals surface area contributed by atoms with Crippen LogP contribution in [0.25, 0.3) is 0 Å². The minimum Gasteiger partial charge on any atom is -0.468 e. The highest BCUT2D eigenvalue weighted by atomic mass is 16.5. The van der Waals surface area contributed by atoms with Gasteiger partial charge < -0.3 is 14.1 Å². The number of carbonyl (C=O) groups excluding carboxylic acids is 1. The maximum Gasteiger partial charge on any atom is 0.228 e. The first-order valence-electron chi connectivity index (χ1n) is 9.23. The van der Waals surface area contributed by atoms with E-state index in [0.29, 0.717) is 12.5 Å². The van der Waals surface area contributed by atoms with E-state index in [1.165, 1.54) is 12.8 Å². The van der Waals surface area contributed by atoms with Gasteiger partial charge in [-0.05, 0) is 56.8 Å². The SMILES string of the molecule is COCC1C(=O)N(CC2CC2)CC12CCN(Cc1ccco1)CC2. The Kier molecular flexibility index (Phi) is 4.39. The standard InChI is InChI=1S/C19H28N2O3/c1-23-13-17-18(22)21(11-15-4-5-15)14-19(17)6-8-20(9-7-19)12-16-3-2-10-24-16/h2-3,10,15,17H,4-9,11-14H2,1H3. The van der Waals surface area contributed by atoms with E-state index >= 15 is 0 Å². The van der Waals surface area contributed by atoms with E-state index in [1.54, 1.807) is 13.4 Å². The van der Waals surface area contributed by atoms with Crippen LogP contribution in [0.3, 0.4) is 0 Å². The highest BCUT2D eigenvalue weighted by Crippen LogP contribution is 2.46. The molecule has 3 aliphatic rings. The summed E-state index contributed by atoms with van der Waals surface area (Å²) in [5, 5.41) is 0. The van der Waals surface area contributed by atoms with Crippen molar-refractivity contribution in [1.29, 1.82) is 0 Å². The summed E-state index contributed by atoms with van der Waals surface area (Å²) < 4.78 is 10.9. The van der Waals surface area contributed by atoms with Crippen LogP contribution in [0.4, 0.5) is 0 Å². The Morgan fingerprint density at radius 1 is 1.33 bits per heavy atom. The molecule has 2 aliphatic heterocycles. The number of ether oxygens (including phenoxy) is 1. The normalized spacial score (nSPS) is 27.3. The molecule has 1 amide bonds. The van der Waals surface area contributed by atoms with Crippen molar-refractivity contribution in [3.05, 3.63) is 24.2 Å². The molecule has 2 saturated heterocycles. The number of carbonyl (C=O) groups is 1. The first kappa shape index (κ1) is 16.2. The minimum atomic E-state index is 0.0482. The first-order chi connectivity index (χ1) is 11.7. The molecule has 3 fully saturated rings. The number of amides is 1. The van der Waals surface area contributed by atoms with Gasteiger partial charge >= 0.3 is 0 Å². The van der Waals surface area contributed by atoms with Gasteiger partial charge in [0, 0.05) is 25.6 Å². The van der Waals surface area contributed by atoms with Gasteiger partial charge in [0.1, 0.15) is 5.76 Å². The summed E-state index contributed by atoms with van der Waals surface area (Å²) in [5.74, 6) is 2.17. The lowest BCUT2D eigenvalue weighted by atomic mass is 9.71. The Hall–Kier alpha value is -1.33.